The zero-order valence-corrected chi connectivity index (χ0v) is 9.73. The molecule has 0 bridgehead atoms. The van der Waals surface area contributed by atoms with Gasteiger partial charge in [-0.15, -0.1) is 0 Å². The molecule has 0 spiro atoms. The molecular weight excluding hydrogens is 204 g/mol. The fourth-order valence-corrected chi connectivity index (χ4v) is 1.71. The molecule has 88 valence electrons. The number of rotatable bonds is 4. The quantitative estimate of drug-likeness (QED) is 0.797. The van der Waals surface area contributed by atoms with Crippen molar-refractivity contribution < 1.29 is 4.74 Å². The molecular formula is C11H18N4O. The highest BCUT2D eigenvalue weighted by Crippen LogP contribution is 2.14. The van der Waals surface area contributed by atoms with Gasteiger partial charge in [0.15, 0.2) is 0 Å². The minimum atomic E-state index is 0.135. The Kier molecular flexibility index (Phi) is 3.56. The second kappa shape index (κ2) is 5.12. The number of ether oxygens (including phenoxy) is 1. The molecule has 5 heteroatoms. The first kappa shape index (κ1) is 11.1. The van der Waals surface area contributed by atoms with E-state index in [1.165, 1.54) is 6.33 Å². The maximum absolute atomic E-state index is 5.51. The zero-order chi connectivity index (χ0) is 11.4. The second-order valence-corrected chi connectivity index (χ2v) is 4.24. The van der Waals surface area contributed by atoms with E-state index in [2.05, 4.69) is 20.6 Å². The van der Waals surface area contributed by atoms with Crippen LogP contribution in [-0.2, 0) is 0 Å². The Bertz CT molecular complexity index is 337. The van der Waals surface area contributed by atoms with E-state index in [1.54, 1.807) is 0 Å². The zero-order valence-electron chi connectivity index (χ0n) is 9.73. The lowest BCUT2D eigenvalue weighted by atomic mass is 10.2. The summed E-state index contributed by atoms with van der Waals surface area (Å²) in [6.45, 7) is 6.02. The van der Waals surface area contributed by atoms with Crippen molar-refractivity contribution in [1.29, 1.82) is 0 Å². The maximum atomic E-state index is 5.51. The van der Waals surface area contributed by atoms with Gasteiger partial charge in [-0.1, -0.05) is 0 Å². The molecule has 1 atom stereocenters. The summed E-state index contributed by atoms with van der Waals surface area (Å²) < 4.78 is 5.51. The molecule has 0 aromatic carbocycles. The summed E-state index contributed by atoms with van der Waals surface area (Å²) >= 11 is 0. The Balaban J connectivity index is 1.97. The predicted molar refractivity (Wildman–Crippen MR) is 62.7 cm³/mol. The molecule has 1 aromatic rings. The number of aromatic nitrogens is 2. The Morgan fingerprint density at radius 2 is 2.38 bits per heavy atom. The van der Waals surface area contributed by atoms with Gasteiger partial charge in [0.1, 0.15) is 12.1 Å². The average Bonchev–Trinajstić information content (AvgIpc) is 2.70. The van der Waals surface area contributed by atoms with Crippen molar-refractivity contribution in [1.82, 2.24) is 15.3 Å². The van der Waals surface area contributed by atoms with E-state index < -0.39 is 0 Å². The summed E-state index contributed by atoms with van der Waals surface area (Å²) in [6.07, 6.45) is 2.79. The van der Waals surface area contributed by atoms with Crippen molar-refractivity contribution in [3.05, 3.63) is 12.4 Å². The van der Waals surface area contributed by atoms with Gasteiger partial charge >= 0.3 is 0 Å². The van der Waals surface area contributed by atoms with E-state index in [1.807, 2.05) is 19.9 Å². The molecule has 16 heavy (non-hydrogen) atoms. The highest BCUT2D eigenvalue weighted by molar-refractivity contribution is 5.38. The van der Waals surface area contributed by atoms with Crippen LogP contribution >= 0.6 is 0 Å². The first-order chi connectivity index (χ1) is 7.74. The van der Waals surface area contributed by atoms with Gasteiger partial charge in [0.2, 0.25) is 5.88 Å². The smallest absolute Gasteiger partial charge is 0.218 e. The van der Waals surface area contributed by atoms with Crippen molar-refractivity contribution in [3.8, 4) is 5.88 Å². The lowest BCUT2D eigenvalue weighted by Gasteiger charge is -2.13. The van der Waals surface area contributed by atoms with Crippen LogP contribution in [0.4, 0.5) is 5.82 Å². The van der Waals surface area contributed by atoms with Crippen molar-refractivity contribution in [2.45, 2.75) is 32.4 Å². The Morgan fingerprint density at radius 3 is 3.06 bits per heavy atom. The third-order valence-electron chi connectivity index (χ3n) is 2.41. The van der Waals surface area contributed by atoms with Gasteiger partial charge < -0.3 is 15.4 Å². The van der Waals surface area contributed by atoms with Crippen LogP contribution in [-0.4, -0.2) is 35.2 Å². The lowest BCUT2D eigenvalue weighted by molar-refractivity contribution is 0.232. The van der Waals surface area contributed by atoms with Crippen molar-refractivity contribution in [2.75, 3.05) is 18.4 Å². The highest BCUT2D eigenvalue weighted by Gasteiger charge is 2.14. The summed E-state index contributed by atoms with van der Waals surface area (Å²) in [5, 5.41) is 6.66. The van der Waals surface area contributed by atoms with Crippen LogP contribution < -0.4 is 15.4 Å². The number of hydrogen-bond acceptors (Lipinski definition) is 5. The molecule has 2 rings (SSSR count). The van der Waals surface area contributed by atoms with Crippen LogP contribution in [0.15, 0.2) is 12.4 Å². The molecule has 2 N–H and O–H groups in total. The van der Waals surface area contributed by atoms with Crippen LogP contribution in [0.5, 0.6) is 5.88 Å². The van der Waals surface area contributed by atoms with Gasteiger partial charge in [-0.2, -0.15) is 0 Å². The molecule has 5 nitrogen and oxygen atoms in total. The summed E-state index contributed by atoms with van der Waals surface area (Å²) in [6, 6.07) is 2.31. The molecule has 1 aromatic heterocycles. The number of hydrogen-bond donors (Lipinski definition) is 2. The SMILES string of the molecule is CC(C)Oc1cc(NC2CCNC2)ncn1. The van der Waals surface area contributed by atoms with Crippen LogP contribution in [0.2, 0.25) is 0 Å². The maximum Gasteiger partial charge on any atom is 0.218 e. The monoisotopic (exact) mass is 222 g/mol. The number of nitrogens with one attached hydrogen (secondary N) is 2. The summed E-state index contributed by atoms with van der Waals surface area (Å²) in [4.78, 5) is 8.25. The number of nitrogens with zero attached hydrogens (tertiary/aromatic N) is 2. The number of anilines is 1. The minimum Gasteiger partial charge on any atom is -0.475 e. The molecule has 1 aliphatic rings. The van der Waals surface area contributed by atoms with E-state index >= 15 is 0 Å². The van der Waals surface area contributed by atoms with Crippen LogP contribution in [0, 0.1) is 0 Å². The van der Waals surface area contributed by atoms with E-state index in [-0.39, 0.29) is 6.10 Å². The van der Waals surface area contributed by atoms with Crippen molar-refractivity contribution in [3.63, 3.8) is 0 Å². The van der Waals surface area contributed by atoms with Crippen molar-refractivity contribution >= 4 is 5.82 Å². The highest BCUT2D eigenvalue weighted by atomic mass is 16.5. The van der Waals surface area contributed by atoms with E-state index in [9.17, 15) is 0 Å². The molecule has 1 unspecified atom stereocenters. The average molecular weight is 222 g/mol. The van der Waals surface area contributed by atoms with Gasteiger partial charge in [-0.05, 0) is 26.8 Å². The van der Waals surface area contributed by atoms with Gasteiger partial charge in [0, 0.05) is 18.7 Å². The predicted octanol–water partition coefficient (Wildman–Crippen LogP) is 1.04. The fraction of sp³-hybridized carbons (Fsp3) is 0.636. The normalized spacial score (nSPS) is 20.1. The standard InChI is InChI=1S/C11H18N4O/c1-8(2)16-11-5-10(13-7-14-11)15-9-3-4-12-6-9/h5,7-9,12H,3-4,6H2,1-2H3,(H,13,14,15). The third kappa shape index (κ3) is 3.06. The first-order valence-electron chi connectivity index (χ1n) is 5.70. The van der Waals surface area contributed by atoms with Gasteiger partial charge in [-0.25, -0.2) is 9.97 Å². The molecule has 1 saturated heterocycles. The third-order valence-corrected chi connectivity index (χ3v) is 2.41. The lowest BCUT2D eigenvalue weighted by Crippen LogP contribution is -2.22. The van der Waals surface area contributed by atoms with Crippen molar-refractivity contribution in [2.24, 2.45) is 0 Å². The van der Waals surface area contributed by atoms with Gasteiger partial charge in [0.05, 0.1) is 6.10 Å². The molecule has 1 aliphatic heterocycles. The topological polar surface area (TPSA) is 59.1 Å². The van der Waals surface area contributed by atoms with Crippen LogP contribution in [0.25, 0.3) is 0 Å². The van der Waals surface area contributed by atoms with E-state index in [0.717, 1.165) is 25.3 Å². The Labute approximate surface area is 95.6 Å². The minimum absolute atomic E-state index is 0.135. The molecule has 0 radical (unpaired) electrons. The molecule has 0 saturated carbocycles. The molecule has 2 heterocycles. The molecule has 0 amide bonds. The molecule has 0 aliphatic carbocycles. The Morgan fingerprint density at radius 1 is 1.50 bits per heavy atom. The largest absolute Gasteiger partial charge is 0.475 e. The van der Waals surface area contributed by atoms with Crippen LogP contribution in [0.3, 0.4) is 0 Å². The fourth-order valence-electron chi connectivity index (χ4n) is 1.71. The van der Waals surface area contributed by atoms with Crippen LogP contribution in [0.1, 0.15) is 20.3 Å². The van der Waals surface area contributed by atoms with E-state index in [0.29, 0.717) is 11.9 Å². The molecule has 1 fully saturated rings. The summed E-state index contributed by atoms with van der Waals surface area (Å²) in [7, 11) is 0. The van der Waals surface area contributed by atoms with Gasteiger partial charge in [0.25, 0.3) is 0 Å². The Hall–Kier alpha value is -1.36. The van der Waals surface area contributed by atoms with Gasteiger partial charge in [-0.3, -0.25) is 0 Å². The first-order valence-corrected chi connectivity index (χ1v) is 5.70. The second-order valence-electron chi connectivity index (χ2n) is 4.24. The summed E-state index contributed by atoms with van der Waals surface area (Å²) in [5.74, 6) is 1.46. The van der Waals surface area contributed by atoms with E-state index in [4.69, 9.17) is 4.74 Å². The summed E-state index contributed by atoms with van der Waals surface area (Å²) in [5.41, 5.74) is 0.